The average Bonchev–Trinajstić information content (AvgIpc) is 2.16. The average molecular weight is 242 g/mol. The first-order chi connectivity index (χ1) is 6.61. The van der Waals surface area contributed by atoms with Crippen LogP contribution in [0.5, 0.6) is 5.75 Å². The molecule has 0 spiro atoms. The number of alkyl halides is 3. The Morgan fingerprint density at radius 3 is 2.64 bits per heavy atom. The molecule has 1 aromatic rings. The minimum atomic E-state index is -2.71. The number of aromatic nitrogens is 1. The molecule has 0 N–H and O–H groups in total. The first kappa shape index (κ1) is 11.5. The molecule has 14 heavy (non-hydrogen) atoms. The van der Waals surface area contributed by atoms with E-state index >= 15 is 0 Å². The highest BCUT2D eigenvalue weighted by Crippen LogP contribution is 2.36. The van der Waals surface area contributed by atoms with Gasteiger partial charge in [-0.1, -0.05) is 11.6 Å². The van der Waals surface area contributed by atoms with Gasteiger partial charge in [-0.15, -0.1) is 11.6 Å². The monoisotopic (exact) mass is 241 g/mol. The van der Waals surface area contributed by atoms with Gasteiger partial charge in [-0.3, -0.25) is 4.98 Å². The van der Waals surface area contributed by atoms with Crippen molar-refractivity contribution in [2.45, 2.75) is 12.3 Å². The fourth-order valence-electron chi connectivity index (χ4n) is 0.986. The van der Waals surface area contributed by atoms with Gasteiger partial charge in [0.25, 0.3) is 6.43 Å². The Morgan fingerprint density at radius 1 is 1.57 bits per heavy atom. The summed E-state index contributed by atoms with van der Waals surface area (Å²) in [7, 11) is 1.28. The summed E-state index contributed by atoms with van der Waals surface area (Å²) >= 11 is 11.2. The number of nitrogens with zero attached hydrogens (tertiary/aromatic N) is 1. The smallest absolute Gasteiger partial charge is 0.268 e. The Bertz CT molecular complexity index is 333. The lowest BCUT2D eigenvalue weighted by molar-refractivity contribution is 0.147. The van der Waals surface area contributed by atoms with E-state index in [0.717, 1.165) is 0 Å². The fourth-order valence-corrected chi connectivity index (χ4v) is 1.55. The van der Waals surface area contributed by atoms with Gasteiger partial charge in [0.2, 0.25) is 0 Å². The Hall–Kier alpha value is -0.610. The van der Waals surface area contributed by atoms with Crippen LogP contribution in [0.25, 0.3) is 0 Å². The molecule has 0 aliphatic heterocycles. The highest BCUT2D eigenvalue weighted by molar-refractivity contribution is 6.33. The lowest BCUT2D eigenvalue weighted by Crippen LogP contribution is -1.99. The van der Waals surface area contributed by atoms with Crippen molar-refractivity contribution < 1.29 is 13.5 Å². The van der Waals surface area contributed by atoms with Crippen LogP contribution in [0.3, 0.4) is 0 Å². The lowest BCUT2D eigenvalue weighted by Gasteiger charge is -2.10. The van der Waals surface area contributed by atoms with Crippen molar-refractivity contribution >= 4 is 23.2 Å². The molecular weight excluding hydrogens is 235 g/mol. The molecule has 78 valence electrons. The van der Waals surface area contributed by atoms with Gasteiger partial charge in [0.15, 0.2) is 0 Å². The Balaban J connectivity index is 3.31. The quantitative estimate of drug-likeness (QED) is 0.757. The summed E-state index contributed by atoms with van der Waals surface area (Å²) in [5.41, 5.74) is -0.135. The van der Waals surface area contributed by atoms with Gasteiger partial charge in [-0.2, -0.15) is 0 Å². The summed E-state index contributed by atoms with van der Waals surface area (Å²) < 4.78 is 29.8. The van der Waals surface area contributed by atoms with E-state index < -0.39 is 6.43 Å². The molecule has 1 aromatic heterocycles. The number of rotatable bonds is 3. The largest absolute Gasteiger partial charge is 0.495 e. The van der Waals surface area contributed by atoms with Crippen LogP contribution in [0.15, 0.2) is 6.20 Å². The molecule has 0 bridgehead atoms. The fraction of sp³-hybridized carbons (Fsp3) is 0.375. The van der Waals surface area contributed by atoms with Crippen LogP contribution in [0.4, 0.5) is 8.78 Å². The highest BCUT2D eigenvalue weighted by atomic mass is 35.5. The molecular formula is C8H7Cl2F2NO. The second-order valence-electron chi connectivity index (χ2n) is 2.44. The molecule has 2 nitrogen and oxygen atoms in total. The first-order valence-electron chi connectivity index (χ1n) is 3.67. The van der Waals surface area contributed by atoms with E-state index in [4.69, 9.17) is 27.9 Å². The molecule has 1 rings (SSSR count). The minimum Gasteiger partial charge on any atom is -0.495 e. The van der Waals surface area contributed by atoms with E-state index in [1.165, 1.54) is 13.3 Å². The first-order valence-corrected chi connectivity index (χ1v) is 4.58. The minimum absolute atomic E-state index is 0.0114. The molecule has 0 unspecified atom stereocenters. The van der Waals surface area contributed by atoms with Crippen LogP contribution < -0.4 is 4.74 Å². The van der Waals surface area contributed by atoms with Crippen LogP contribution in [0.2, 0.25) is 5.02 Å². The highest BCUT2D eigenvalue weighted by Gasteiger charge is 2.21. The molecule has 0 amide bonds. The van der Waals surface area contributed by atoms with Crippen molar-refractivity contribution in [2.75, 3.05) is 7.11 Å². The molecule has 0 atom stereocenters. The lowest BCUT2D eigenvalue weighted by atomic mass is 10.2. The van der Waals surface area contributed by atoms with E-state index in [-0.39, 0.29) is 27.9 Å². The van der Waals surface area contributed by atoms with Crippen molar-refractivity contribution in [2.24, 2.45) is 0 Å². The Morgan fingerprint density at radius 2 is 2.21 bits per heavy atom. The van der Waals surface area contributed by atoms with E-state index in [0.29, 0.717) is 0 Å². The molecule has 0 fully saturated rings. The van der Waals surface area contributed by atoms with Gasteiger partial charge in [-0.05, 0) is 0 Å². The molecule has 0 saturated heterocycles. The summed E-state index contributed by atoms with van der Waals surface area (Å²) in [6.07, 6.45) is -1.52. The zero-order chi connectivity index (χ0) is 10.7. The third-order valence-corrected chi connectivity index (χ3v) is 2.33. The van der Waals surface area contributed by atoms with Crippen molar-refractivity contribution in [3.05, 3.63) is 22.5 Å². The van der Waals surface area contributed by atoms with Gasteiger partial charge in [0, 0.05) is 0 Å². The third kappa shape index (κ3) is 2.07. The zero-order valence-electron chi connectivity index (χ0n) is 7.23. The van der Waals surface area contributed by atoms with Crippen molar-refractivity contribution in [3.63, 3.8) is 0 Å². The number of methoxy groups -OCH3 is 1. The molecule has 6 heteroatoms. The molecule has 0 aromatic carbocycles. The third-order valence-electron chi connectivity index (χ3n) is 1.66. The van der Waals surface area contributed by atoms with Crippen LogP contribution in [-0.2, 0) is 5.88 Å². The summed E-state index contributed by atoms with van der Waals surface area (Å²) in [6.45, 7) is 0. The SMILES string of the molecule is COc1cnc(CCl)c(Cl)c1C(F)F. The van der Waals surface area contributed by atoms with Crippen LogP contribution in [-0.4, -0.2) is 12.1 Å². The second kappa shape index (κ2) is 4.75. The number of hydrogen-bond acceptors (Lipinski definition) is 2. The van der Waals surface area contributed by atoms with Gasteiger partial charge in [-0.25, -0.2) is 8.78 Å². The van der Waals surface area contributed by atoms with Crippen molar-refractivity contribution in [1.82, 2.24) is 4.98 Å². The van der Waals surface area contributed by atoms with E-state index in [2.05, 4.69) is 4.98 Å². The topological polar surface area (TPSA) is 22.1 Å². The van der Waals surface area contributed by atoms with E-state index in [1.54, 1.807) is 0 Å². The maximum atomic E-state index is 12.6. The maximum Gasteiger partial charge on any atom is 0.268 e. The predicted molar refractivity (Wildman–Crippen MR) is 50.3 cm³/mol. The molecule has 0 saturated carbocycles. The predicted octanol–water partition coefficient (Wildman–Crippen LogP) is 3.42. The number of halogens is 4. The van der Waals surface area contributed by atoms with Crippen molar-refractivity contribution in [3.8, 4) is 5.75 Å². The normalized spacial score (nSPS) is 10.7. The van der Waals surface area contributed by atoms with Crippen molar-refractivity contribution in [1.29, 1.82) is 0 Å². The number of hydrogen-bond donors (Lipinski definition) is 0. The molecule has 0 aliphatic rings. The molecule has 0 aliphatic carbocycles. The summed E-state index contributed by atoms with van der Waals surface area (Å²) in [5, 5.41) is -0.130. The second-order valence-corrected chi connectivity index (χ2v) is 3.08. The van der Waals surface area contributed by atoms with Gasteiger partial charge >= 0.3 is 0 Å². The molecule has 1 heterocycles. The summed E-state index contributed by atoms with van der Waals surface area (Å²) in [6, 6.07) is 0. The van der Waals surface area contributed by atoms with E-state index in [9.17, 15) is 8.78 Å². The van der Waals surface area contributed by atoms with Crippen LogP contribution in [0.1, 0.15) is 17.7 Å². The standard InChI is InChI=1S/C8H7Cl2F2NO/c1-14-5-3-13-4(2-9)7(10)6(5)8(11)12/h3,8H,2H2,1H3. The van der Waals surface area contributed by atoms with Gasteiger partial charge < -0.3 is 4.74 Å². The molecule has 0 radical (unpaired) electrons. The van der Waals surface area contributed by atoms with Gasteiger partial charge in [0.05, 0.1) is 35.5 Å². The zero-order valence-corrected chi connectivity index (χ0v) is 8.74. The maximum absolute atomic E-state index is 12.6. The van der Waals surface area contributed by atoms with Crippen LogP contribution >= 0.6 is 23.2 Å². The van der Waals surface area contributed by atoms with E-state index in [1.807, 2.05) is 0 Å². The Kier molecular flexibility index (Phi) is 3.89. The van der Waals surface area contributed by atoms with Gasteiger partial charge in [0.1, 0.15) is 5.75 Å². The summed E-state index contributed by atoms with van der Waals surface area (Å²) in [5.74, 6) is -0.0402. The number of ether oxygens (including phenoxy) is 1. The Labute approximate surface area is 89.8 Å². The van der Waals surface area contributed by atoms with Crippen LogP contribution in [0, 0.1) is 0 Å². The number of pyridine rings is 1. The summed E-state index contributed by atoms with van der Waals surface area (Å²) in [4.78, 5) is 3.79.